The molecule has 2 heterocycles. The molecular weight excluding hydrogens is 374 g/mol. The van der Waals surface area contributed by atoms with Gasteiger partial charge in [0.15, 0.2) is 0 Å². The molecule has 29 heavy (non-hydrogen) atoms. The SMILES string of the molecule is CC(C)(C)[C@@H]1CCc2c(sc(N=Cc3ccc(N4CCCCC4)cc3)c2C#N)C1. The topological polar surface area (TPSA) is 39.4 Å². The first-order valence-corrected chi connectivity index (χ1v) is 11.7. The average molecular weight is 406 g/mol. The van der Waals surface area contributed by atoms with Crippen LogP contribution in [0.5, 0.6) is 0 Å². The van der Waals surface area contributed by atoms with Gasteiger partial charge in [-0.05, 0) is 73.1 Å². The first kappa shape index (κ1) is 20.2. The first-order chi connectivity index (χ1) is 14.0. The summed E-state index contributed by atoms with van der Waals surface area (Å²) in [6.45, 7) is 9.31. The van der Waals surface area contributed by atoms with Gasteiger partial charge in [-0.3, -0.25) is 0 Å². The zero-order chi connectivity index (χ0) is 20.4. The van der Waals surface area contributed by atoms with Gasteiger partial charge in [-0.2, -0.15) is 5.26 Å². The van der Waals surface area contributed by atoms with Crippen molar-refractivity contribution >= 4 is 28.2 Å². The van der Waals surface area contributed by atoms with Crippen molar-refractivity contribution in [2.45, 2.75) is 59.3 Å². The summed E-state index contributed by atoms with van der Waals surface area (Å²) in [6, 6.07) is 11.1. The molecule has 1 atom stereocenters. The summed E-state index contributed by atoms with van der Waals surface area (Å²) >= 11 is 1.72. The van der Waals surface area contributed by atoms with Crippen LogP contribution in [0.15, 0.2) is 29.3 Å². The minimum absolute atomic E-state index is 0.314. The van der Waals surface area contributed by atoms with Crippen molar-refractivity contribution in [1.29, 1.82) is 5.26 Å². The first-order valence-electron chi connectivity index (χ1n) is 10.9. The number of benzene rings is 1. The number of hydrogen-bond donors (Lipinski definition) is 0. The largest absolute Gasteiger partial charge is 0.372 e. The summed E-state index contributed by atoms with van der Waals surface area (Å²) in [5, 5.41) is 10.6. The number of anilines is 1. The Hall–Kier alpha value is -2.12. The van der Waals surface area contributed by atoms with E-state index in [-0.39, 0.29) is 0 Å². The average Bonchev–Trinajstić information content (AvgIpc) is 3.09. The van der Waals surface area contributed by atoms with Crippen molar-refractivity contribution in [2.75, 3.05) is 18.0 Å². The Bertz CT molecular complexity index is 919. The van der Waals surface area contributed by atoms with Gasteiger partial charge in [0.05, 0.1) is 5.56 Å². The molecule has 1 aromatic heterocycles. The highest BCUT2D eigenvalue weighted by Gasteiger charge is 2.32. The quantitative estimate of drug-likeness (QED) is 0.546. The molecule has 3 nitrogen and oxygen atoms in total. The molecule has 0 radical (unpaired) electrons. The fraction of sp³-hybridized carbons (Fsp3) is 0.520. The fourth-order valence-corrected chi connectivity index (χ4v) is 5.79. The van der Waals surface area contributed by atoms with Gasteiger partial charge in [0.1, 0.15) is 11.1 Å². The Labute approximate surface area is 179 Å². The number of thiophene rings is 1. The third kappa shape index (κ3) is 4.41. The minimum atomic E-state index is 0.314. The Morgan fingerprint density at radius 3 is 2.52 bits per heavy atom. The van der Waals surface area contributed by atoms with Crippen LogP contribution in [0, 0.1) is 22.7 Å². The zero-order valence-electron chi connectivity index (χ0n) is 17.9. The number of aliphatic imine (C=N–C) groups is 1. The Morgan fingerprint density at radius 1 is 1.14 bits per heavy atom. The van der Waals surface area contributed by atoms with E-state index < -0.39 is 0 Å². The lowest BCUT2D eigenvalue weighted by Crippen LogP contribution is -2.29. The van der Waals surface area contributed by atoms with Gasteiger partial charge < -0.3 is 4.90 Å². The van der Waals surface area contributed by atoms with Gasteiger partial charge in [0, 0.05) is 29.9 Å². The summed E-state index contributed by atoms with van der Waals surface area (Å²) in [5.74, 6) is 0.680. The second-order valence-corrected chi connectivity index (χ2v) is 10.6. The lowest BCUT2D eigenvalue weighted by molar-refractivity contribution is 0.218. The number of rotatable bonds is 3. The molecule has 152 valence electrons. The third-order valence-corrected chi connectivity index (χ3v) is 7.69. The fourth-order valence-electron chi connectivity index (χ4n) is 4.57. The Kier molecular flexibility index (Phi) is 5.79. The maximum Gasteiger partial charge on any atom is 0.134 e. The van der Waals surface area contributed by atoms with Crippen molar-refractivity contribution in [3.05, 3.63) is 45.8 Å². The predicted molar refractivity (Wildman–Crippen MR) is 124 cm³/mol. The van der Waals surface area contributed by atoms with Crippen LogP contribution in [0.4, 0.5) is 10.7 Å². The van der Waals surface area contributed by atoms with Gasteiger partial charge in [-0.25, -0.2) is 4.99 Å². The lowest BCUT2D eigenvalue weighted by Gasteiger charge is -2.33. The molecule has 1 aliphatic carbocycles. The molecule has 0 bridgehead atoms. The summed E-state index contributed by atoms with van der Waals surface area (Å²) in [7, 11) is 0. The predicted octanol–water partition coefficient (Wildman–Crippen LogP) is 6.51. The van der Waals surface area contributed by atoms with E-state index in [9.17, 15) is 5.26 Å². The third-order valence-electron chi connectivity index (χ3n) is 6.53. The van der Waals surface area contributed by atoms with E-state index in [0.717, 1.165) is 42.1 Å². The zero-order valence-corrected chi connectivity index (χ0v) is 18.7. The molecule has 0 spiro atoms. The second-order valence-electron chi connectivity index (χ2n) is 9.50. The van der Waals surface area contributed by atoms with Gasteiger partial charge in [0.25, 0.3) is 0 Å². The molecule has 4 heteroatoms. The van der Waals surface area contributed by atoms with Crippen molar-refractivity contribution in [3.63, 3.8) is 0 Å². The smallest absolute Gasteiger partial charge is 0.134 e. The number of piperidine rings is 1. The number of nitrogens with zero attached hydrogens (tertiary/aromatic N) is 3. The standard InChI is InChI=1S/C25H31N3S/c1-25(2,3)19-9-12-21-22(16-26)24(29-23(21)15-19)27-17-18-7-10-20(11-8-18)28-13-5-4-6-14-28/h7-8,10-11,17,19H,4-6,9,12-15H2,1-3H3/t19-/m1/s1. The van der Waals surface area contributed by atoms with E-state index in [1.54, 1.807) is 11.3 Å². The van der Waals surface area contributed by atoms with Crippen molar-refractivity contribution in [3.8, 4) is 6.07 Å². The monoisotopic (exact) mass is 405 g/mol. The molecule has 2 aliphatic rings. The summed E-state index contributed by atoms with van der Waals surface area (Å²) < 4.78 is 0. The molecule has 1 aromatic carbocycles. The molecule has 0 saturated carbocycles. The molecule has 0 amide bonds. The lowest BCUT2D eigenvalue weighted by atomic mass is 9.72. The minimum Gasteiger partial charge on any atom is -0.372 e. The van der Waals surface area contributed by atoms with Crippen molar-refractivity contribution in [2.24, 2.45) is 16.3 Å². The van der Waals surface area contributed by atoms with Crippen LogP contribution >= 0.6 is 11.3 Å². The number of fused-ring (bicyclic) bond motifs is 1. The van der Waals surface area contributed by atoms with Gasteiger partial charge in [-0.15, -0.1) is 11.3 Å². The maximum atomic E-state index is 9.74. The van der Waals surface area contributed by atoms with Gasteiger partial charge in [-0.1, -0.05) is 32.9 Å². The molecule has 2 aromatic rings. The van der Waals surface area contributed by atoms with Gasteiger partial charge in [0.2, 0.25) is 0 Å². The van der Waals surface area contributed by atoms with Crippen molar-refractivity contribution in [1.82, 2.24) is 0 Å². The molecule has 0 N–H and O–H groups in total. The van der Waals surface area contributed by atoms with Crippen LogP contribution in [0.2, 0.25) is 0 Å². The molecule has 4 rings (SSSR count). The highest BCUT2D eigenvalue weighted by molar-refractivity contribution is 7.16. The van der Waals surface area contributed by atoms with Crippen LogP contribution < -0.4 is 4.90 Å². The molecule has 1 fully saturated rings. The normalized spacial score (nSPS) is 19.9. The summed E-state index contributed by atoms with van der Waals surface area (Å²) in [6.07, 6.45) is 9.11. The highest BCUT2D eigenvalue weighted by Crippen LogP contribution is 2.44. The molecule has 1 aliphatic heterocycles. The van der Waals surface area contributed by atoms with E-state index in [0.29, 0.717) is 11.3 Å². The maximum absolute atomic E-state index is 9.74. The van der Waals surface area contributed by atoms with E-state index in [1.165, 1.54) is 41.8 Å². The van der Waals surface area contributed by atoms with E-state index in [2.05, 4.69) is 56.0 Å². The second kappa shape index (κ2) is 8.32. The van der Waals surface area contributed by atoms with Crippen LogP contribution in [0.1, 0.15) is 68.0 Å². The summed E-state index contributed by atoms with van der Waals surface area (Å²) in [5.41, 5.74) is 4.77. The molecule has 1 saturated heterocycles. The van der Waals surface area contributed by atoms with Crippen LogP contribution in [-0.2, 0) is 12.8 Å². The van der Waals surface area contributed by atoms with Crippen LogP contribution in [0.3, 0.4) is 0 Å². The van der Waals surface area contributed by atoms with E-state index in [4.69, 9.17) is 4.99 Å². The van der Waals surface area contributed by atoms with E-state index in [1.807, 2.05) is 6.21 Å². The molecular formula is C25H31N3S. The van der Waals surface area contributed by atoms with Crippen LogP contribution in [-0.4, -0.2) is 19.3 Å². The molecule has 0 unspecified atom stereocenters. The van der Waals surface area contributed by atoms with Crippen LogP contribution in [0.25, 0.3) is 0 Å². The van der Waals surface area contributed by atoms with Gasteiger partial charge >= 0.3 is 0 Å². The van der Waals surface area contributed by atoms with E-state index >= 15 is 0 Å². The Balaban J connectivity index is 1.51. The summed E-state index contributed by atoms with van der Waals surface area (Å²) in [4.78, 5) is 8.58. The Morgan fingerprint density at radius 2 is 1.86 bits per heavy atom. The number of nitriles is 1. The number of hydrogen-bond acceptors (Lipinski definition) is 4. The highest BCUT2D eigenvalue weighted by atomic mass is 32.1. The van der Waals surface area contributed by atoms with Crippen molar-refractivity contribution < 1.29 is 0 Å².